The van der Waals surface area contributed by atoms with Crippen molar-refractivity contribution in [2.24, 2.45) is 5.41 Å². The number of hydrogen-bond acceptors (Lipinski definition) is 1. The Kier molecular flexibility index (Phi) is 3.41. The van der Waals surface area contributed by atoms with Crippen molar-refractivity contribution in [1.29, 1.82) is 0 Å². The molecule has 2 atom stereocenters. The molecule has 0 bridgehead atoms. The minimum atomic E-state index is -4.15. The third-order valence-corrected chi connectivity index (χ3v) is 3.55. The van der Waals surface area contributed by atoms with Crippen molar-refractivity contribution in [1.82, 2.24) is 5.32 Å². The predicted octanol–water partition coefficient (Wildman–Crippen LogP) is 4.07. The van der Waals surface area contributed by atoms with Crippen molar-refractivity contribution in [3.63, 3.8) is 0 Å². The van der Waals surface area contributed by atoms with Crippen LogP contribution in [0.15, 0.2) is 30.3 Å². The molecule has 0 radical (unpaired) electrons. The maximum absolute atomic E-state index is 12.6. The van der Waals surface area contributed by atoms with E-state index >= 15 is 0 Å². The molecule has 1 N–H and O–H groups in total. The fourth-order valence-electron chi connectivity index (χ4n) is 2.18. The summed E-state index contributed by atoms with van der Waals surface area (Å²) in [7, 11) is 0. The van der Waals surface area contributed by atoms with Gasteiger partial charge in [0, 0.05) is 12.1 Å². The minimum Gasteiger partial charge on any atom is -0.306 e. The van der Waals surface area contributed by atoms with Crippen molar-refractivity contribution in [2.75, 3.05) is 0 Å². The fourth-order valence-corrected chi connectivity index (χ4v) is 2.18. The van der Waals surface area contributed by atoms with Gasteiger partial charge in [0.2, 0.25) is 0 Å². The Morgan fingerprint density at radius 2 is 1.83 bits per heavy atom. The van der Waals surface area contributed by atoms with E-state index in [1.807, 2.05) is 6.07 Å². The van der Waals surface area contributed by atoms with Gasteiger partial charge in [0.15, 0.2) is 0 Å². The highest BCUT2D eigenvalue weighted by molar-refractivity contribution is 5.20. The quantitative estimate of drug-likeness (QED) is 0.857. The smallest absolute Gasteiger partial charge is 0.306 e. The van der Waals surface area contributed by atoms with Crippen LogP contribution in [-0.2, 0) is 0 Å². The van der Waals surface area contributed by atoms with E-state index in [9.17, 15) is 13.2 Å². The number of alkyl halides is 3. The van der Waals surface area contributed by atoms with Crippen LogP contribution in [0.5, 0.6) is 0 Å². The van der Waals surface area contributed by atoms with Gasteiger partial charge in [0.25, 0.3) is 0 Å². The first-order chi connectivity index (χ1) is 8.28. The first kappa shape index (κ1) is 13.4. The van der Waals surface area contributed by atoms with E-state index in [0.29, 0.717) is 5.56 Å². The van der Waals surface area contributed by atoms with E-state index in [-0.39, 0.29) is 11.5 Å². The molecule has 1 aromatic carbocycles. The molecule has 100 valence electrons. The summed E-state index contributed by atoms with van der Waals surface area (Å²) in [5, 5.41) is 3.13. The Balaban J connectivity index is 2.09. The second-order valence-electron chi connectivity index (χ2n) is 5.69. The molecule has 2 rings (SSSR count). The van der Waals surface area contributed by atoms with Gasteiger partial charge in [0.05, 0.1) is 6.42 Å². The van der Waals surface area contributed by atoms with Crippen LogP contribution in [0.2, 0.25) is 0 Å². The second kappa shape index (κ2) is 4.57. The molecular formula is C14H18F3N. The molecule has 1 aromatic rings. The molecule has 1 aliphatic carbocycles. The van der Waals surface area contributed by atoms with Gasteiger partial charge in [-0.2, -0.15) is 13.2 Å². The second-order valence-corrected chi connectivity index (χ2v) is 5.69. The topological polar surface area (TPSA) is 12.0 Å². The van der Waals surface area contributed by atoms with Crippen molar-refractivity contribution in [2.45, 2.75) is 44.9 Å². The highest BCUT2D eigenvalue weighted by Crippen LogP contribution is 2.46. The van der Waals surface area contributed by atoms with E-state index in [4.69, 9.17) is 0 Å². The summed E-state index contributed by atoms with van der Waals surface area (Å²) in [6, 6.07) is 8.41. The zero-order valence-electron chi connectivity index (χ0n) is 10.6. The lowest BCUT2D eigenvalue weighted by molar-refractivity contribution is -0.140. The summed E-state index contributed by atoms with van der Waals surface area (Å²) < 4.78 is 37.8. The Morgan fingerprint density at radius 1 is 1.28 bits per heavy atom. The van der Waals surface area contributed by atoms with Gasteiger partial charge >= 0.3 is 6.18 Å². The Labute approximate surface area is 105 Å². The highest BCUT2D eigenvalue weighted by Gasteiger charge is 2.47. The number of halogens is 3. The van der Waals surface area contributed by atoms with Crippen molar-refractivity contribution >= 4 is 0 Å². The Morgan fingerprint density at radius 3 is 2.28 bits per heavy atom. The summed E-state index contributed by atoms with van der Waals surface area (Å²) in [6.45, 7) is 4.14. The van der Waals surface area contributed by atoms with Gasteiger partial charge in [-0.15, -0.1) is 0 Å². The predicted molar refractivity (Wildman–Crippen MR) is 65.2 cm³/mol. The molecule has 0 spiro atoms. The molecular weight excluding hydrogens is 239 g/mol. The zero-order chi connectivity index (χ0) is 13.4. The van der Waals surface area contributed by atoms with E-state index in [1.54, 1.807) is 24.3 Å². The van der Waals surface area contributed by atoms with Crippen molar-refractivity contribution in [3.05, 3.63) is 35.9 Å². The lowest BCUT2D eigenvalue weighted by Crippen LogP contribution is -2.30. The molecule has 1 fully saturated rings. The van der Waals surface area contributed by atoms with Crippen LogP contribution >= 0.6 is 0 Å². The average Bonchev–Trinajstić information content (AvgIpc) is 2.84. The molecule has 1 saturated carbocycles. The van der Waals surface area contributed by atoms with Gasteiger partial charge in [0.1, 0.15) is 0 Å². The molecule has 0 amide bonds. The normalized spacial score (nSPS) is 23.7. The molecule has 18 heavy (non-hydrogen) atoms. The van der Waals surface area contributed by atoms with Crippen LogP contribution in [0.3, 0.4) is 0 Å². The molecule has 2 unspecified atom stereocenters. The van der Waals surface area contributed by atoms with E-state index in [0.717, 1.165) is 6.42 Å². The molecule has 0 saturated heterocycles. The standard InChI is InChI=1S/C14H18F3N/c1-13(2)9-12(13)18-11(8-14(15,16)17)10-6-4-3-5-7-10/h3-7,11-12,18H,8-9H2,1-2H3. The third-order valence-electron chi connectivity index (χ3n) is 3.55. The van der Waals surface area contributed by atoms with Crippen LogP contribution in [0.25, 0.3) is 0 Å². The van der Waals surface area contributed by atoms with Gasteiger partial charge in [-0.25, -0.2) is 0 Å². The number of nitrogens with one attached hydrogen (secondary N) is 1. The summed E-state index contributed by atoms with van der Waals surface area (Å²) in [4.78, 5) is 0. The van der Waals surface area contributed by atoms with Crippen LogP contribution in [0, 0.1) is 5.41 Å². The minimum absolute atomic E-state index is 0.124. The summed E-state index contributed by atoms with van der Waals surface area (Å²) >= 11 is 0. The summed E-state index contributed by atoms with van der Waals surface area (Å²) in [5.41, 5.74) is 0.830. The van der Waals surface area contributed by atoms with Gasteiger partial charge in [-0.3, -0.25) is 0 Å². The van der Waals surface area contributed by atoms with Gasteiger partial charge in [-0.05, 0) is 17.4 Å². The maximum Gasteiger partial charge on any atom is 0.390 e. The molecule has 0 aliphatic heterocycles. The van der Waals surface area contributed by atoms with Gasteiger partial charge in [-0.1, -0.05) is 44.2 Å². The molecule has 0 aromatic heterocycles. The SMILES string of the molecule is CC1(C)CC1NC(CC(F)(F)F)c1ccccc1. The average molecular weight is 257 g/mol. The van der Waals surface area contributed by atoms with E-state index in [2.05, 4.69) is 19.2 Å². The fraction of sp³-hybridized carbons (Fsp3) is 0.571. The van der Waals surface area contributed by atoms with E-state index in [1.165, 1.54) is 0 Å². The third kappa shape index (κ3) is 3.48. The van der Waals surface area contributed by atoms with Gasteiger partial charge < -0.3 is 5.32 Å². The summed E-state index contributed by atoms with van der Waals surface area (Å²) in [5.74, 6) is 0. The number of benzene rings is 1. The first-order valence-electron chi connectivity index (χ1n) is 6.16. The van der Waals surface area contributed by atoms with Crippen molar-refractivity contribution < 1.29 is 13.2 Å². The van der Waals surface area contributed by atoms with E-state index < -0.39 is 18.6 Å². The maximum atomic E-state index is 12.6. The lowest BCUT2D eigenvalue weighted by atomic mass is 10.0. The zero-order valence-corrected chi connectivity index (χ0v) is 10.6. The Bertz CT molecular complexity index is 397. The Hall–Kier alpha value is -1.03. The molecule has 0 heterocycles. The van der Waals surface area contributed by atoms with Crippen LogP contribution in [-0.4, -0.2) is 12.2 Å². The van der Waals surface area contributed by atoms with Crippen LogP contribution in [0.1, 0.15) is 38.3 Å². The first-order valence-corrected chi connectivity index (χ1v) is 6.16. The lowest BCUT2D eigenvalue weighted by Gasteiger charge is -2.21. The monoisotopic (exact) mass is 257 g/mol. The van der Waals surface area contributed by atoms with Crippen molar-refractivity contribution in [3.8, 4) is 0 Å². The molecule has 1 aliphatic rings. The molecule has 4 heteroatoms. The highest BCUT2D eigenvalue weighted by atomic mass is 19.4. The van der Waals surface area contributed by atoms with Crippen LogP contribution < -0.4 is 5.32 Å². The number of rotatable bonds is 4. The largest absolute Gasteiger partial charge is 0.390 e. The van der Waals surface area contributed by atoms with Crippen LogP contribution in [0.4, 0.5) is 13.2 Å². The summed E-state index contributed by atoms with van der Waals surface area (Å²) in [6.07, 6.45) is -4.02. The number of hydrogen-bond donors (Lipinski definition) is 1. The molecule has 1 nitrogen and oxygen atoms in total.